The summed E-state index contributed by atoms with van der Waals surface area (Å²) in [5.41, 5.74) is 1.03. The highest BCUT2D eigenvalue weighted by molar-refractivity contribution is 6.30. The van der Waals surface area contributed by atoms with E-state index >= 15 is 0 Å². The number of furan rings is 1. The Morgan fingerprint density at radius 3 is 2.65 bits per heavy atom. The molecule has 0 bridgehead atoms. The number of nitrogens with zero attached hydrogens (tertiary/aromatic N) is 1. The lowest BCUT2D eigenvalue weighted by Crippen LogP contribution is -3.15. The van der Waals surface area contributed by atoms with Gasteiger partial charge in [0.05, 0.1) is 45.7 Å². The zero-order valence-electron chi connectivity index (χ0n) is 14.6. The van der Waals surface area contributed by atoms with Gasteiger partial charge in [-0.2, -0.15) is 0 Å². The molecule has 1 saturated heterocycles. The summed E-state index contributed by atoms with van der Waals surface area (Å²) in [6.07, 6.45) is 0.986. The molecular formula is C19H24ClN2O4+. The van der Waals surface area contributed by atoms with Crippen LogP contribution in [-0.2, 0) is 11.3 Å². The van der Waals surface area contributed by atoms with Gasteiger partial charge < -0.3 is 24.1 Å². The molecule has 2 N–H and O–H groups in total. The molecule has 1 amide bonds. The summed E-state index contributed by atoms with van der Waals surface area (Å²) in [6.45, 7) is 4.29. The minimum atomic E-state index is -0.523. The van der Waals surface area contributed by atoms with Gasteiger partial charge in [0.25, 0.3) is 5.91 Å². The fourth-order valence-electron chi connectivity index (χ4n) is 3.07. The number of hydrogen-bond acceptors (Lipinski definition) is 4. The topological polar surface area (TPSA) is 67.4 Å². The number of quaternary nitrogens is 1. The third-order valence-electron chi connectivity index (χ3n) is 4.51. The molecule has 0 radical (unpaired) electrons. The molecule has 140 valence electrons. The molecule has 0 aliphatic carbocycles. The maximum absolute atomic E-state index is 12.2. The Morgan fingerprint density at radius 2 is 2.00 bits per heavy atom. The monoisotopic (exact) mass is 379 g/mol. The van der Waals surface area contributed by atoms with Crippen molar-refractivity contribution in [2.24, 2.45) is 0 Å². The Morgan fingerprint density at radius 1 is 1.27 bits per heavy atom. The fourth-order valence-corrected chi connectivity index (χ4v) is 3.20. The quantitative estimate of drug-likeness (QED) is 0.748. The molecule has 0 unspecified atom stereocenters. The average molecular weight is 380 g/mol. The number of hydrogen-bond donors (Lipinski definition) is 2. The highest BCUT2D eigenvalue weighted by Gasteiger charge is 2.27. The summed E-state index contributed by atoms with van der Waals surface area (Å²) in [5.74, 6) is 0.310. The van der Waals surface area contributed by atoms with E-state index in [4.69, 9.17) is 20.8 Å². The van der Waals surface area contributed by atoms with Crippen LogP contribution in [0.15, 0.2) is 47.1 Å². The van der Waals surface area contributed by atoms with Gasteiger partial charge in [-0.1, -0.05) is 23.7 Å². The maximum atomic E-state index is 12.2. The van der Waals surface area contributed by atoms with Gasteiger partial charge in [-0.05, 0) is 29.8 Å². The molecule has 1 atom stereocenters. The van der Waals surface area contributed by atoms with Crippen LogP contribution >= 0.6 is 11.6 Å². The van der Waals surface area contributed by atoms with Crippen LogP contribution in [0.3, 0.4) is 0 Å². The zero-order chi connectivity index (χ0) is 18.4. The number of piperazine rings is 1. The largest absolute Gasteiger partial charge is 0.459 e. The van der Waals surface area contributed by atoms with Gasteiger partial charge in [-0.3, -0.25) is 4.79 Å². The van der Waals surface area contributed by atoms with E-state index in [1.165, 1.54) is 11.2 Å². The molecular weight excluding hydrogens is 356 g/mol. The highest BCUT2D eigenvalue weighted by Crippen LogP contribution is 2.10. The molecule has 2 aromatic rings. The molecule has 1 aromatic carbocycles. The highest BCUT2D eigenvalue weighted by atomic mass is 35.5. The molecule has 7 heteroatoms. The Hall–Kier alpha value is -1.86. The first-order valence-electron chi connectivity index (χ1n) is 8.78. The third-order valence-corrected chi connectivity index (χ3v) is 4.76. The van der Waals surface area contributed by atoms with Gasteiger partial charge in [0.1, 0.15) is 12.6 Å². The van der Waals surface area contributed by atoms with E-state index in [1.807, 2.05) is 24.3 Å². The van der Waals surface area contributed by atoms with Crippen molar-refractivity contribution in [1.82, 2.24) is 4.90 Å². The standard InChI is InChI=1S/C19H23ClN2O4/c20-16-5-3-15(4-6-16)13-25-14-17(23)12-21-7-9-22(10-8-21)19(24)18-2-1-11-26-18/h1-6,11,17,23H,7-10,12-14H2/p+1/t17-/m0/s1. The van der Waals surface area contributed by atoms with Crippen LogP contribution in [0.25, 0.3) is 0 Å². The van der Waals surface area contributed by atoms with Gasteiger partial charge in [-0.25, -0.2) is 0 Å². The van der Waals surface area contributed by atoms with E-state index in [9.17, 15) is 9.90 Å². The Bertz CT molecular complexity index is 682. The van der Waals surface area contributed by atoms with Crippen molar-refractivity contribution >= 4 is 17.5 Å². The molecule has 1 aromatic heterocycles. The average Bonchev–Trinajstić information content (AvgIpc) is 3.18. The van der Waals surface area contributed by atoms with Crippen LogP contribution in [-0.4, -0.2) is 61.3 Å². The van der Waals surface area contributed by atoms with Crippen LogP contribution in [0.2, 0.25) is 5.02 Å². The summed E-state index contributed by atoms with van der Waals surface area (Å²) >= 11 is 5.85. The predicted molar refractivity (Wildman–Crippen MR) is 97.3 cm³/mol. The minimum Gasteiger partial charge on any atom is -0.459 e. The van der Waals surface area contributed by atoms with Crippen LogP contribution in [0.4, 0.5) is 0 Å². The third kappa shape index (κ3) is 5.32. The minimum absolute atomic E-state index is 0.0686. The smallest absolute Gasteiger partial charge is 0.289 e. The van der Waals surface area contributed by atoms with Crippen LogP contribution in [0.1, 0.15) is 16.1 Å². The summed E-state index contributed by atoms with van der Waals surface area (Å²) in [5, 5.41) is 10.9. The lowest BCUT2D eigenvalue weighted by atomic mass is 10.2. The maximum Gasteiger partial charge on any atom is 0.289 e. The zero-order valence-corrected chi connectivity index (χ0v) is 15.3. The van der Waals surface area contributed by atoms with Gasteiger partial charge >= 0.3 is 0 Å². The SMILES string of the molecule is O=C(c1ccco1)N1CC[NH+](C[C@H](O)COCc2ccc(Cl)cc2)CC1. The molecule has 26 heavy (non-hydrogen) atoms. The second-order valence-electron chi connectivity index (χ2n) is 6.52. The number of carbonyl (C=O) groups is 1. The van der Waals surface area contributed by atoms with E-state index in [-0.39, 0.29) is 5.91 Å². The lowest BCUT2D eigenvalue weighted by Gasteiger charge is -2.32. The van der Waals surface area contributed by atoms with Gasteiger partial charge in [0.15, 0.2) is 5.76 Å². The number of halogens is 1. The van der Waals surface area contributed by atoms with E-state index in [2.05, 4.69) is 0 Å². The number of aliphatic hydroxyl groups is 1. The summed E-state index contributed by atoms with van der Waals surface area (Å²) in [7, 11) is 0. The van der Waals surface area contributed by atoms with E-state index in [1.54, 1.807) is 17.0 Å². The summed E-state index contributed by atoms with van der Waals surface area (Å²) < 4.78 is 10.8. The van der Waals surface area contributed by atoms with E-state index in [0.29, 0.717) is 43.6 Å². The van der Waals surface area contributed by atoms with Crippen molar-refractivity contribution in [2.45, 2.75) is 12.7 Å². The van der Waals surface area contributed by atoms with Crippen LogP contribution in [0, 0.1) is 0 Å². The fraction of sp³-hybridized carbons (Fsp3) is 0.421. The van der Waals surface area contributed by atoms with Crippen LogP contribution < -0.4 is 4.90 Å². The number of carbonyl (C=O) groups excluding carboxylic acids is 1. The lowest BCUT2D eigenvalue weighted by molar-refractivity contribution is -0.907. The van der Waals surface area contributed by atoms with Gasteiger partial charge in [-0.15, -0.1) is 0 Å². The second-order valence-corrected chi connectivity index (χ2v) is 6.96. The number of aliphatic hydroxyl groups excluding tert-OH is 1. The molecule has 1 aliphatic rings. The second kappa shape index (κ2) is 9.19. The van der Waals surface area contributed by atoms with Crippen molar-refractivity contribution in [1.29, 1.82) is 0 Å². The number of amides is 1. The van der Waals surface area contributed by atoms with E-state index in [0.717, 1.165) is 18.7 Å². The molecule has 1 fully saturated rings. The molecule has 6 nitrogen and oxygen atoms in total. The Labute approximate surface area is 157 Å². The first-order valence-corrected chi connectivity index (χ1v) is 9.16. The first kappa shape index (κ1) is 18.9. The van der Waals surface area contributed by atoms with Gasteiger partial charge in [0.2, 0.25) is 0 Å². The summed E-state index contributed by atoms with van der Waals surface area (Å²) in [4.78, 5) is 15.3. The van der Waals surface area contributed by atoms with Crippen LogP contribution in [0.5, 0.6) is 0 Å². The van der Waals surface area contributed by atoms with Crippen molar-refractivity contribution in [2.75, 3.05) is 39.3 Å². The molecule has 2 heterocycles. The molecule has 3 rings (SSSR count). The summed E-state index contributed by atoms with van der Waals surface area (Å²) in [6, 6.07) is 10.9. The molecule has 0 saturated carbocycles. The van der Waals surface area contributed by atoms with Crippen molar-refractivity contribution < 1.29 is 24.0 Å². The number of nitrogens with one attached hydrogen (secondary N) is 1. The normalized spacial score (nSPS) is 16.6. The Kier molecular flexibility index (Phi) is 6.68. The van der Waals surface area contributed by atoms with Crippen molar-refractivity contribution in [3.8, 4) is 0 Å². The van der Waals surface area contributed by atoms with Crippen molar-refractivity contribution in [3.05, 3.63) is 59.0 Å². The first-order chi connectivity index (χ1) is 12.6. The van der Waals surface area contributed by atoms with E-state index < -0.39 is 6.10 Å². The predicted octanol–water partition coefficient (Wildman–Crippen LogP) is 0.851. The van der Waals surface area contributed by atoms with Gasteiger partial charge in [0, 0.05) is 5.02 Å². The Balaban J connectivity index is 1.34. The number of benzene rings is 1. The molecule has 1 aliphatic heterocycles. The number of rotatable bonds is 7. The molecule has 0 spiro atoms. The van der Waals surface area contributed by atoms with Crippen molar-refractivity contribution in [3.63, 3.8) is 0 Å². The number of ether oxygens (including phenoxy) is 1.